The van der Waals surface area contributed by atoms with Gasteiger partial charge in [-0.05, 0) is 13.0 Å². The third-order valence-corrected chi connectivity index (χ3v) is 2.36. The molecule has 0 aliphatic heterocycles. The standard InChI is InChI=1S/C12H16N2O3/c13-7-6-10(12(16)17)14-8-11(15)9-4-2-1-3-5-9/h1-5,10,14H,6-8,13H2,(H,16,17). The molecule has 0 heterocycles. The second-order valence-electron chi connectivity index (χ2n) is 3.64. The molecule has 0 spiro atoms. The van der Waals surface area contributed by atoms with Gasteiger partial charge in [0.1, 0.15) is 6.04 Å². The fourth-order valence-corrected chi connectivity index (χ4v) is 1.42. The van der Waals surface area contributed by atoms with Crippen molar-refractivity contribution in [1.82, 2.24) is 5.32 Å². The predicted octanol–water partition coefficient (Wildman–Crippen LogP) is 0.261. The van der Waals surface area contributed by atoms with E-state index in [-0.39, 0.29) is 18.9 Å². The number of aliphatic carboxylic acids is 1. The van der Waals surface area contributed by atoms with Crippen LogP contribution in [0.4, 0.5) is 0 Å². The summed E-state index contributed by atoms with van der Waals surface area (Å²) >= 11 is 0. The molecule has 0 radical (unpaired) electrons. The van der Waals surface area contributed by atoms with Crippen LogP contribution in [0.3, 0.4) is 0 Å². The number of benzene rings is 1. The Labute approximate surface area is 99.6 Å². The minimum absolute atomic E-state index is 0.000972. The number of carboxylic acids is 1. The smallest absolute Gasteiger partial charge is 0.320 e. The van der Waals surface area contributed by atoms with Crippen molar-refractivity contribution in [3.8, 4) is 0 Å². The van der Waals surface area contributed by atoms with E-state index in [0.29, 0.717) is 12.0 Å². The Morgan fingerprint density at radius 3 is 2.47 bits per heavy atom. The van der Waals surface area contributed by atoms with E-state index in [4.69, 9.17) is 10.8 Å². The summed E-state index contributed by atoms with van der Waals surface area (Å²) < 4.78 is 0. The fraction of sp³-hybridized carbons (Fsp3) is 0.333. The summed E-state index contributed by atoms with van der Waals surface area (Å²) in [6.07, 6.45) is 0.303. The second-order valence-corrected chi connectivity index (χ2v) is 3.64. The molecule has 92 valence electrons. The lowest BCUT2D eigenvalue weighted by Gasteiger charge is -2.12. The van der Waals surface area contributed by atoms with Crippen LogP contribution in [0.5, 0.6) is 0 Å². The molecule has 4 N–H and O–H groups in total. The number of carbonyl (C=O) groups excluding carboxylic acids is 1. The Balaban J connectivity index is 2.49. The van der Waals surface area contributed by atoms with Gasteiger partial charge >= 0.3 is 5.97 Å². The zero-order valence-corrected chi connectivity index (χ0v) is 9.43. The normalized spacial score (nSPS) is 12.1. The van der Waals surface area contributed by atoms with Gasteiger partial charge in [-0.25, -0.2) is 0 Å². The maximum absolute atomic E-state index is 11.7. The molecular formula is C12H16N2O3. The van der Waals surface area contributed by atoms with Crippen molar-refractivity contribution in [2.75, 3.05) is 13.1 Å². The van der Waals surface area contributed by atoms with E-state index in [1.54, 1.807) is 24.3 Å². The second kappa shape index (κ2) is 6.78. The number of ketones is 1. The zero-order valence-electron chi connectivity index (χ0n) is 9.43. The van der Waals surface area contributed by atoms with Crippen LogP contribution in [0.2, 0.25) is 0 Å². The van der Waals surface area contributed by atoms with Crippen LogP contribution in [-0.4, -0.2) is 36.0 Å². The molecule has 1 aromatic carbocycles. The Bertz CT molecular complexity index is 379. The van der Waals surface area contributed by atoms with Crippen LogP contribution in [0.15, 0.2) is 30.3 Å². The molecule has 0 saturated heterocycles. The maximum Gasteiger partial charge on any atom is 0.320 e. The molecule has 0 amide bonds. The van der Waals surface area contributed by atoms with E-state index in [1.165, 1.54) is 0 Å². The summed E-state index contributed by atoms with van der Waals surface area (Å²) in [7, 11) is 0. The highest BCUT2D eigenvalue weighted by molar-refractivity contribution is 5.97. The summed E-state index contributed by atoms with van der Waals surface area (Å²) in [6, 6.07) is 7.97. The van der Waals surface area contributed by atoms with Crippen LogP contribution in [-0.2, 0) is 4.79 Å². The van der Waals surface area contributed by atoms with Crippen molar-refractivity contribution in [3.63, 3.8) is 0 Å². The number of hydrogen-bond donors (Lipinski definition) is 3. The number of Topliss-reactive ketones (excluding diaryl/α,β-unsaturated/α-hetero) is 1. The van der Waals surface area contributed by atoms with Crippen molar-refractivity contribution in [3.05, 3.63) is 35.9 Å². The Hall–Kier alpha value is -1.72. The van der Waals surface area contributed by atoms with E-state index in [9.17, 15) is 9.59 Å². The van der Waals surface area contributed by atoms with Gasteiger partial charge in [0.05, 0.1) is 6.54 Å². The summed E-state index contributed by atoms with van der Waals surface area (Å²) in [5, 5.41) is 11.5. The first-order valence-electron chi connectivity index (χ1n) is 5.39. The molecule has 0 fully saturated rings. The van der Waals surface area contributed by atoms with Crippen LogP contribution >= 0.6 is 0 Å². The summed E-state index contributed by atoms with van der Waals surface area (Å²) in [6.45, 7) is 0.268. The van der Waals surface area contributed by atoms with Crippen molar-refractivity contribution in [1.29, 1.82) is 0 Å². The van der Waals surface area contributed by atoms with Crippen molar-refractivity contribution < 1.29 is 14.7 Å². The molecule has 0 aliphatic rings. The maximum atomic E-state index is 11.7. The molecule has 0 aromatic heterocycles. The Morgan fingerprint density at radius 1 is 1.29 bits per heavy atom. The molecular weight excluding hydrogens is 220 g/mol. The van der Waals surface area contributed by atoms with Crippen molar-refractivity contribution >= 4 is 11.8 Å². The van der Waals surface area contributed by atoms with E-state index >= 15 is 0 Å². The van der Waals surface area contributed by atoms with E-state index in [1.807, 2.05) is 6.07 Å². The first-order valence-corrected chi connectivity index (χ1v) is 5.39. The monoisotopic (exact) mass is 236 g/mol. The lowest BCUT2D eigenvalue weighted by Crippen LogP contribution is -2.41. The van der Waals surface area contributed by atoms with Gasteiger partial charge in [0.15, 0.2) is 5.78 Å². The molecule has 17 heavy (non-hydrogen) atoms. The molecule has 5 heteroatoms. The summed E-state index contributed by atoms with van der Waals surface area (Å²) in [5.41, 5.74) is 5.86. The highest BCUT2D eigenvalue weighted by Crippen LogP contribution is 1.99. The largest absolute Gasteiger partial charge is 0.480 e. The lowest BCUT2D eigenvalue weighted by atomic mass is 10.1. The van der Waals surface area contributed by atoms with Gasteiger partial charge in [0, 0.05) is 5.56 Å². The third-order valence-electron chi connectivity index (χ3n) is 2.36. The summed E-state index contributed by atoms with van der Waals surface area (Å²) in [4.78, 5) is 22.5. The molecule has 0 bridgehead atoms. The van der Waals surface area contributed by atoms with E-state index in [0.717, 1.165) is 0 Å². The van der Waals surface area contributed by atoms with E-state index in [2.05, 4.69) is 5.32 Å². The minimum atomic E-state index is -0.990. The lowest BCUT2D eigenvalue weighted by molar-refractivity contribution is -0.139. The number of nitrogens with two attached hydrogens (primary N) is 1. The molecule has 1 atom stereocenters. The number of carboxylic acid groups (broad SMARTS) is 1. The minimum Gasteiger partial charge on any atom is -0.480 e. The average molecular weight is 236 g/mol. The molecule has 1 rings (SSSR count). The van der Waals surface area contributed by atoms with Crippen molar-refractivity contribution in [2.24, 2.45) is 5.73 Å². The number of nitrogens with one attached hydrogen (secondary N) is 1. The summed E-state index contributed by atoms with van der Waals surface area (Å²) in [5.74, 6) is -1.12. The molecule has 1 unspecified atom stereocenters. The predicted molar refractivity (Wildman–Crippen MR) is 63.9 cm³/mol. The van der Waals surface area contributed by atoms with Crippen LogP contribution in [0.25, 0.3) is 0 Å². The molecule has 5 nitrogen and oxygen atoms in total. The fourth-order valence-electron chi connectivity index (χ4n) is 1.42. The van der Waals surface area contributed by atoms with Crippen LogP contribution < -0.4 is 11.1 Å². The average Bonchev–Trinajstić information content (AvgIpc) is 2.34. The molecule has 0 saturated carbocycles. The van der Waals surface area contributed by atoms with E-state index < -0.39 is 12.0 Å². The van der Waals surface area contributed by atoms with Gasteiger partial charge in [-0.3, -0.25) is 14.9 Å². The van der Waals surface area contributed by atoms with Gasteiger partial charge in [-0.15, -0.1) is 0 Å². The highest BCUT2D eigenvalue weighted by atomic mass is 16.4. The zero-order chi connectivity index (χ0) is 12.7. The Kier molecular flexibility index (Phi) is 5.32. The highest BCUT2D eigenvalue weighted by Gasteiger charge is 2.17. The van der Waals surface area contributed by atoms with Gasteiger partial charge in [0.25, 0.3) is 0 Å². The quantitative estimate of drug-likeness (QED) is 0.591. The SMILES string of the molecule is NCCC(NCC(=O)c1ccccc1)C(=O)O. The first kappa shape index (κ1) is 13.3. The Morgan fingerprint density at radius 2 is 1.94 bits per heavy atom. The molecule has 1 aromatic rings. The topological polar surface area (TPSA) is 92.4 Å². The number of carbonyl (C=O) groups is 2. The van der Waals surface area contributed by atoms with Crippen LogP contribution in [0.1, 0.15) is 16.8 Å². The third kappa shape index (κ3) is 4.34. The van der Waals surface area contributed by atoms with Crippen LogP contribution in [0, 0.1) is 0 Å². The number of rotatable bonds is 7. The van der Waals surface area contributed by atoms with Gasteiger partial charge in [-0.1, -0.05) is 30.3 Å². The molecule has 0 aliphatic carbocycles. The van der Waals surface area contributed by atoms with Crippen molar-refractivity contribution in [2.45, 2.75) is 12.5 Å². The number of hydrogen-bond acceptors (Lipinski definition) is 4. The van der Waals surface area contributed by atoms with Gasteiger partial charge < -0.3 is 10.8 Å². The first-order chi connectivity index (χ1) is 8.15. The van der Waals surface area contributed by atoms with Gasteiger partial charge in [0.2, 0.25) is 0 Å². The van der Waals surface area contributed by atoms with Gasteiger partial charge in [-0.2, -0.15) is 0 Å².